The minimum atomic E-state index is -0.0948. The Hall–Kier alpha value is -2.15. The highest BCUT2D eigenvalue weighted by molar-refractivity contribution is 5.63. The van der Waals surface area contributed by atoms with E-state index in [1.165, 1.54) is 5.56 Å². The first-order valence-electron chi connectivity index (χ1n) is 6.55. The van der Waals surface area contributed by atoms with Crippen LogP contribution in [0.5, 0.6) is 0 Å². The number of allylic oxidation sites excluding steroid dienone is 1. The van der Waals surface area contributed by atoms with Gasteiger partial charge in [-0.25, -0.2) is 0 Å². The van der Waals surface area contributed by atoms with E-state index in [0.29, 0.717) is 0 Å². The molecule has 0 saturated carbocycles. The average Bonchev–Trinajstić information content (AvgIpc) is 2.49. The third-order valence-electron chi connectivity index (χ3n) is 3.37. The summed E-state index contributed by atoms with van der Waals surface area (Å²) in [5.74, 6) is 0.0984. The van der Waals surface area contributed by atoms with E-state index in [1.807, 2.05) is 60.7 Å². The lowest BCUT2D eigenvalue weighted by Gasteiger charge is -2.15. The van der Waals surface area contributed by atoms with Gasteiger partial charge in [-0.05, 0) is 17.0 Å². The number of benzene rings is 2. The molecule has 0 aliphatic rings. The van der Waals surface area contributed by atoms with Gasteiger partial charge in [-0.15, -0.1) is 0 Å². The minimum Gasteiger partial charge on any atom is -0.303 e. The fraction of sp³-hybridized carbons (Fsp3) is 0.167. The molecule has 0 aliphatic heterocycles. The van der Waals surface area contributed by atoms with Crippen LogP contribution in [0.25, 0.3) is 6.08 Å². The second kappa shape index (κ2) is 6.69. The van der Waals surface area contributed by atoms with Gasteiger partial charge in [0.25, 0.3) is 0 Å². The van der Waals surface area contributed by atoms with Gasteiger partial charge in [-0.2, -0.15) is 0 Å². The molecule has 0 heterocycles. The molecule has 0 amide bonds. The van der Waals surface area contributed by atoms with Gasteiger partial charge in [-0.1, -0.05) is 79.7 Å². The monoisotopic (exact) mass is 250 g/mol. The molecule has 0 unspecified atom stereocenters. The van der Waals surface area contributed by atoms with E-state index in [2.05, 4.69) is 19.1 Å². The Morgan fingerprint density at radius 1 is 0.895 bits per heavy atom. The van der Waals surface area contributed by atoms with Gasteiger partial charge in [0.1, 0.15) is 6.29 Å². The molecule has 0 spiro atoms. The molecule has 0 radical (unpaired) electrons. The molecule has 2 rings (SSSR count). The molecule has 0 fully saturated rings. The number of rotatable bonds is 5. The normalized spacial score (nSPS) is 14.2. The van der Waals surface area contributed by atoms with Crippen molar-refractivity contribution in [2.75, 3.05) is 0 Å². The van der Waals surface area contributed by atoms with Gasteiger partial charge in [0.05, 0.1) is 0 Å². The van der Waals surface area contributed by atoms with Crippen LogP contribution in [0.2, 0.25) is 0 Å². The summed E-state index contributed by atoms with van der Waals surface area (Å²) in [5, 5.41) is 0. The summed E-state index contributed by atoms with van der Waals surface area (Å²) >= 11 is 0. The van der Waals surface area contributed by atoms with Gasteiger partial charge in [0.15, 0.2) is 0 Å². The largest absolute Gasteiger partial charge is 0.303 e. The molecule has 0 aliphatic carbocycles. The highest BCUT2D eigenvalue weighted by atomic mass is 16.1. The van der Waals surface area contributed by atoms with Crippen LogP contribution in [0, 0.1) is 5.92 Å². The number of hydrogen-bond donors (Lipinski definition) is 0. The van der Waals surface area contributed by atoms with Crippen LogP contribution in [0.4, 0.5) is 0 Å². The number of carbonyl (C=O) groups is 1. The Balaban J connectivity index is 2.13. The fourth-order valence-corrected chi connectivity index (χ4v) is 2.10. The summed E-state index contributed by atoms with van der Waals surface area (Å²) in [6.45, 7) is 2.09. The summed E-state index contributed by atoms with van der Waals surface area (Å²) < 4.78 is 0. The predicted octanol–water partition coefficient (Wildman–Crippen LogP) is 4.32. The first kappa shape index (κ1) is 13.3. The van der Waals surface area contributed by atoms with E-state index in [1.54, 1.807) is 0 Å². The maximum absolute atomic E-state index is 11.3. The van der Waals surface area contributed by atoms with Crippen LogP contribution in [-0.4, -0.2) is 6.29 Å². The lowest BCUT2D eigenvalue weighted by atomic mass is 9.88. The molecule has 19 heavy (non-hydrogen) atoms. The second-order valence-corrected chi connectivity index (χ2v) is 4.68. The quantitative estimate of drug-likeness (QED) is 0.722. The third-order valence-corrected chi connectivity index (χ3v) is 3.37. The van der Waals surface area contributed by atoms with Crippen LogP contribution in [-0.2, 0) is 4.79 Å². The van der Waals surface area contributed by atoms with Crippen molar-refractivity contribution in [2.24, 2.45) is 5.92 Å². The van der Waals surface area contributed by atoms with Crippen molar-refractivity contribution >= 4 is 12.4 Å². The van der Waals surface area contributed by atoms with Crippen molar-refractivity contribution < 1.29 is 4.79 Å². The lowest BCUT2D eigenvalue weighted by Crippen LogP contribution is -2.08. The van der Waals surface area contributed by atoms with Crippen LogP contribution < -0.4 is 0 Å². The maximum Gasteiger partial charge on any atom is 0.127 e. The van der Waals surface area contributed by atoms with Gasteiger partial charge < -0.3 is 4.79 Å². The second-order valence-electron chi connectivity index (χ2n) is 4.68. The van der Waals surface area contributed by atoms with Gasteiger partial charge in [-0.3, -0.25) is 0 Å². The van der Waals surface area contributed by atoms with E-state index in [9.17, 15) is 4.79 Å². The zero-order valence-electron chi connectivity index (χ0n) is 11.1. The summed E-state index contributed by atoms with van der Waals surface area (Å²) in [4.78, 5) is 11.3. The maximum atomic E-state index is 11.3. The fourth-order valence-electron chi connectivity index (χ4n) is 2.10. The molecule has 96 valence electrons. The Morgan fingerprint density at radius 2 is 1.47 bits per heavy atom. The van der Waals surface area contributed by atoms with Crippen molar-refractivity contribution in [3.05, 3.63) is 77.9 Å². The van der Waals surface area contributed by atoms with E-state index < -0.39 is 0 Å². The van der Waals surface area contributed by atoms with Gasteiger partial charge in [0, 0.05) is 5.92 Å². The van der Waals surface area contributed by atoms with Crippen molar-refractivity contribution in [3.8, 4) is 0 Å². The zero-order chi connectivity index (χ0) is 13.5. The van der Waals surface area contributed by atoms with Crippen molar-refractivity contribution in [1.29, 1.82) is 0 Å². The molecule has 0 saturated heterocycles. The van der Waals surface area contributed by atoms with E-state index in [-0.39, 0.29) is 11.8 Å². The Kier molecular flexibility index (Phi) is 4.68. The van der Waals surface area contributed by atoms with Crippen molar-refractivity contribution in [2.45, 2.75) is 12.8 Å². The summed E-state index contributed by atoms with van der Waals surface area (Å²) in [6, 6.07) is 20.2. The zero-order valence-corrected chi connectivity index (χ0v) is 11.1. The number of aldehydes is 1. The van der Waals surface area contributed by atoms with E-state index >= 15 is 0 Å². The molecule has 0 aromatic heterocycles. The Bertz CT molecular complexity index is 528. The number of hydrogen-bond acceptors (Lipinski definition) is 1. The molecule has 2 aromatic rings. The third kappa shape index (κ3) is 3.65. The molecule has 1 nitrogen and oxygen atoms in total. The predicted molar refractivity (Wildman–Crippen MR) is 79.9 cm³/mol. The highest BCUT2D eigenvalue weighted by Crippen LogP contribution is 2.24. The SMILES string of the molecule is C[C@H](c1ccccc1)[C@@H](C=O)/C=C/c1ccccc1. The van der Waals surface area contributed by atoms with E-state index in [4.69, 9.17) is 0 Å². The van der Waals surface area contributed by atoms with Crippen molar-refractivity contribution in [1.82, 2.24) is 0 Å². The summed E-state index contributed by atoms with van der Waals surface area (Å²) in [5.41, 5.74) is 2.31. The molecular formula is C18H18O. The lowest BCUT2D eigenvalue weighted by molar-refractivity contribution is -0.110. The first-order valence-corrected chi connectivity index (χ1v) is 6.55. The molecule has 0 bridgehead atoms. The van der Waals surface area contributed by atoms with Crippen LogP contribution in [0.3, 0.4) is 0 Å². The van der Waals surface area contributed by atoms with Crippen LogP contribution >= 0.6 is 0 Å². The van der Waals surface area contributed by atoms with Crippen LogP contribution in [0.1, 0.15) is 24.0 Å². The molecule has 0 N–H and O–H groups in total. The molecule has 2 aromatic carbocycles. The number of carbonyl (C=O) groups excluding carboxylic acids is 1. The van der Waals surface area contributed by atoms with Crippen molar-refractivity contribution in [3.63, 3.8) is 0 Å². The Morgan fingerprint density at radius 3 is 2.05 bits per heavy atom. The first-order chi connectivity index (χ1) is 9.31. The Labute approximate surface area is 114 Å². The van der Waals surface area contributed by atoms with Gasteiger partial charge in [0.2, 0.25) is 0 Å². The molecule has 2 atom stereocenters. The standard InChI is InChI=1S/C18H18O/c1-15(17-10-6-3-7-11-17)18(14-19)13-12-16-8-4-2-5-9-16/h2-15,18H,1H3/b13-12+/t15-,18-/m1/s1. The molecular weight excluding hydrogens is 232 g/mol. The molecule has 1 heteroatoms. The smallest absolute Gasteiger partial charge is 0.127 e. The van der Waals surface area contributed by atoms with E-state index in [0.717, 1.165) is 11.8 Å². The highest BCUT2D eigenvalue weighted by Gasteiger charge is 2.14. The minimum absolute atomic E-state index is 0.0948. The summed E-state index contributed by atoms with van der Waals surface area (Å²) in [6.07, 6.45) is 5.02. The van der Waals surface area contributed by atoms with Gasteiger partial charge >= 0.3 is 0 Å². The summed E-state index contributed by atoms with van der Waals surface area (Å²) in [7, 11) is 0. The topological polar surface area (TPSA) is 17.1 Å². The van der Waals surface area contributed by atoms with Crippen LogP contribution in [0.15, 0.2) is 66.7 Å². The average molecular weight is 250 g/mol.